The van der Waals surface area contributed by atoms with E-state index in [1.165, 1.54) is 6.07 Å². The SMILES string of the molecule is C=C(F)OC(=C)c1ccc(CC)c(F)c1. The Bertz CT molecular complexity index is 397. The van der Waals surface area contributed by atoms with Gasteiger partial charge in [0.15, 0.2) is 0 Å². The van der Waals surface area contributed by atoms with Gasteiger partial charge in [0, 0.05) is 5.56 Å². The van der Waals surface area contributed by atoms with Gasteiger partial charge in [-0.2, -0.15) is 4.39 Å². The zero-order valence-electron chi connectivity index (χ0n) is 8.52. The van der Waals surface area contributed by atoms with Crippen molar-refractivity contribution in [2.75, 3.05) is 0 Å². The molecular formula is C12H12F2O. The fourth-order valence-corrected chi connectivity index (χ4v) is 1.20. The topological polar surface area (TPSA) is 9.23 Å². The van der Waals surface area contributed by atoms with E-state index in [1.807, 2.05) is 6.92 Å². The summed E-state index contributed by atoms with van der Waals surface area (Å²) < 4.78 is 30.2. The Morgan fingerprint density at radius 2 is 2.07 bits per heavy atom. The van der Waals surface area contributed by atoms with Crippen molar-refractivity contribution in [1.29, 1.82) is 0 Å². The molecule has 1 aromatic carbocycles. The number of hydrogen-bond acceptors (Lipinski definition) is 1. The van der Waals surface area contributed by atoms with Crippen LogP contribution in [0, 0.1) is 5.82 Å². The molecule has 0 atom stereocenters. The van der Waals surface area contributed by atoms with Crippen molar-refractivity contribution < 1.29 is 13.5 Å². The van der Waals surface area contributed by atoms with Crippen molar-refractivity contribution in [2.24, 2.45) is 0 Å². The molecule has 3 heteroatoms. The predicted octanol–water partition coefficient (Wildman–Crippen LogP) is 3.82. The van der Waals surface area contributed by atoms with Gasteiger partial charge in [-0.15, -0.1) is 0 Å². The van der Waals surface area contributed by atoms with E-state index in [9.17, 15) is 8.78 Å². The number of benzene rings is 1. The molecule has 0 aliphatic carbocycles. The molecular weight excluding hydrogens is 198 g/mol. The summed E-state index contributed by atoms with van der Waals surface area (Å²) in [7, 11) is 0. The highest BCUT2D eigenvalue weighted by molar-refractivity contribution is 5.58. The van der Waals surface area contributed by atoms with Crippen LogP contribution in [0.5, 0.6) is 0 Å². The maximum absolute atomic E-state index is 13.3. The summed E-state index contributed by atoms with van der Waals surface area (Å²) in [6, 6.07) is 3.57. The number of ether oxygens (including phenoxy) is 1. The third-order valence-electron chi connectivity index (χ3n) is 1.99. The van der Waals surface area contributed by atoms with Crippen molar-refractivity contribution in [3.63, 3.8) is 0 Å². The Morgan fingerprint density at radius 3 is 2.53 bits per heavy atom. The van der Waals surface area contributed by atoms with Crippen LogP contribution in [0.25, 0.3) is 5.76 Å². The second kappa shape index (κ2) is 4.73. The van der Waals surface area contributed by atoms with Gasteiger partial charge in [0.25, 0.3) is 6.01 Å². The average molecular weight is 210 g/mol. The highest BCUT2D eigenvalue weighted by atomic mass is 19.1. The molecule has 1 nitrogen and oxygen atoms in total. The fraction of sp³-hybridized carbons (Fsp3) is 0.167. The van der Waals surface area contributed by atoms with Gasteiger partial charge in [-0.3, -0.25) is 0 Å². The minimum atomic E-state index is -0.958. The summed E-state index contributed by atoms with van der Waals surface area (Å²) in [5, 5.41) is 0. The van der Waals surface area contributed by atoms with Crippen LogP contribution < -0.4 is 0 Å². The molecule has 0 fully saturated rings. The van der Waals surface area contributed by atoms with E-state index in [-0.39, 0.29) is 11.6 Å². The first-order valence-electron chi connectivity index (χ1n) is 4.54. The highest BCUT2D eigenvalue weighted by Crippen LogP contribution is 2.20. The van der Waals surface area contributed by atoms with Gasteiger partial charge in [0.2, 0.25) is 0 Å². The Morgan fingerprint density at radius 1 is 1.40 bits per heavy atom. The molecule has 0 N–H and O–H groups in total. The van der Waals surface area contributed by atoms with E-state index < -0.39 is 6.01 Å². The molecule has 0 aliphatic heterocycles. The standard InChI is InChI=1S/C12H12F2O/c1-4-10-5-6-11(7-12(10)14)8(2)15-9(3)13/h5-7H,2-4H2,1H3. The summed E-state index contributed by atoms with van der Waals surface area (Å²) in [4.78, 5) is 0. The van der Waals surface area contributed by atoms with Crippen LogP contribution in [0.15, 0.2) is 37.4 Å². The summed E-state index contributed by atoms with van der Waals surface area (Å²) in [6.45, 7) is 8.26. The van der Waals surface area contributed by atoms with Crippen LogP contribution in [-0.2, 0) is 11.2 Å². The van der Waals surface area contributed by atoms with Crippen molar-refractivity contribution >= 4 is 5.76 Å². The van der Waals surface area contributed by atoms with E-state index in [2.05, 4.69) is 17.9 Å². The molecule has 0 bridgehead atoms. The van der Waals surface area contributed by atoms with Gasteiger partial charge in [0.05, 0.1) is 0 Å². The third kappa shape index (κ3) is 2.91. The smallest absolute Gasteiger partial charge is 0.270 e. The minimum Gasteiger partial charge on any atom is -0.432 e. The lowest BCUT2D eigenvalue weighted by Crippen LogP contribution is -1.92. The quantitative estimate of drug-likeness (QED) is 0.686. The maximum atomic E-state index is 13.3. The molecule has 0 heterocycles. The molecule has 15 heavy (non-hydrogen) atoms. The Labute approximate surface area is 87.7 Å². The molecule has 0 spiro atoms. The Hall–Kier alpha value is -1.64. The zero-order chi connectivity index (χ0) is 11.4. The largest absolute Gasteiger partial charge is 0.432 e. The first kappa shape index (κ1) is 11.4. The van der Waals surface area contributed by atoms with E-state index >= 15 is 0 Å². The van der Waals surface area contributed by atoms with Gasteiger partial charge < -0.3 is 4.74 Å². The summed E-state index contributed by atoms with van der Waals surface area (Å²) in [6.07, 6.45) is 0.606. The Kier molecular flexibility index (Phi) is 3.61. The normalized spacial score (nSPS) is 9.80. The number of hydrogen-bond donors (Lipinski definition) is 0. The van der Waals surface area contributed by atoms with Crippen LogP contribution in [-0.4, -0.2) is 0 Å². The molecule has 1 aromatic rings. The lowest BCUT2D eigenvalue weighted by atomic mass is 10.1. The van der Waals surface area contributed by atoms with E-state index in [4.69, 9.17) is 0 Å². The monoisotopic (exact) mass is 210 g/mol. The van der Waals surface area contributed by atoms with Crippen LogP contribution in [0.4, 0.5) is 8.78 Å². The zero-order valence-corrected chi connectivity index (χ0v) is 8.52. The Balaban J connectivity index is 2.92. The third-order valence-corrected chi connectivity index (χ3v) is 1.99. The fourth-order valence-electron chi connectivity index (χ4n) is 1.20. The second-order valence-electron chi connectivity index (χ2n) is 3.04. The van der Waals surface area contributed by atoms with Gasteiger partial charge in [-0.25, -0.2) is 4.39 Å². The lowest BCUT2D eigenvalue weighted by Gasteiger charge is -2.07. The molecule has 0 unspecified atom stereocenters. The van der Waals surface area contributed by atoms with Crippen LogP contribution >= 0.6 is 0 Å². The molecule has 0 saturated carbocycles. The predicted molar refractivity (Wildman–Crippen MR) is 56.1 cm³/mol. The van der Waals surface area contributed by atoms with E-state index in [1.54, 1.807) is 12.1 Å². The van der Waals surface area contributed by atoms with Crippen LogP contribution in [0.1, 0.15) is 18.1 Å². The van der Waals surface area contributed by atoms with Gasteiger partial charge in [0.1, 0.15) is 11.6 Å². The van der Waals surface area contributed by atoms with Gasteiger partial charge in [-0.05, 0) is 24.6 Å². The van der Waals surface area contributed by atoms with Crippen molar-refractivity contribution in [3.05, 3.63) is 54.3 Å². The lowest BCUT2D eigenvalue weighted by molar-refractivity contribution is 0.273. The second-order valence-corrected chi connectivity index (χ2v) is 3.04. The molecule has 80 valence electrons. The summed E-state index contributed by atoms with van der Waals surface area (Å²) in [5.41, 5.74) is 1.01. The molecule has 0 saturated heterocycles. The first-order chi connectivity index (χ1) is 7.04. The van der Waals surface area contributed by atoms with Crippen molar-refractivity contribution in [1.82, 2.24) is 0 Å². The van der Waals surface area contributed by atoms with E-state index in [0.717, 1.165) is 0 Å². The van der Waals surface area contributed by atoms with Crippen molar-refractivity contribution in [3.8, 4) is 0 Å². The van der Waals surface area contributed by atoms with Crippen LogP contribution in [0.2, 0.25) is 0 Å². The average Bonchev–Trinajstić information content (AvgIpc) is 2.16. The molecule has 0 aliphatic rings. The molecule has 0 aromatic heterocycles. The highest BCUT2D eigenvalue weighted by Gasteiger charge is 2.06. The maximum Gasteiger partial charge on any atom is 0.270 e. The molecule has 0 amide bonds. The van der Waals surface area contributed by atoms with Gasteiger partial charge >= 0.3 is 0 Å². The van der Waals surface area contributed by atoms with Gasteiger partial charge in [-0.1, -0.05) is 25.6 Å². The minimum absolute atomic E-state index is 0.0454. The molecule has 0 radical (unpaired) electrons. The first-order valence-corrected chi connectivity index (χ1v) is 4.54. The van der Waals surface area contributed by atoms with Crippen molar-refractivity contribution in [2.45, 2.75) is 13.3 Å². The molecule has 1 rings (SSSR count). The van der Waals surface area contributed by atoms with E-state index in [0.29, 0.717) is 17.5 Å². The van der Waals surface area contributed by atoms with Crippen LogP contribution in [0.3, 0.4) is 0 Å². The number of halogens is 2. The summed E-state index contributed by atoms with van der Waals surface area (Å²) >= 11 is 0. The number of aryl methyl sites for hydroxylation is 1. The summed E-state index contributed by atoms with van der Waals surface area (Å²) in [5.74, 6) is -0.298. The number of rotatable bonds is 4.